The molecule has 3 aromatic carbocycles. The van der Waals surface area contributed by atoms with E-state index in [1.54, 1.807) is 31.2 Å². The Hall–Kier alpha value is -2.83. The number of rotatable bonds is 6. The number of hydrogen-bond acceptors (Lipinski definition) is 5. The van der Waals surface area contributed by atoms with E-state index >= 15 is 0 Å². The second-order valence-electron chi connectivity index (χ2n) is 7.08. The molecule has 1 aliphatic heterocycles. The van der Waals surface area contributed by atoms with Crippen LogP contribution in [-0.4, -0.2) is 27.7 Å². The molecule has 0 N–H and O–H groups in total. The summed E-state index contributed by atoms with van der Waals surface area (Å²) in [4.78, 5) is 2.39. The molecule has 0 saturated carbocycles. The Balaban J connectivity index is 1.51. The van der Waals surface area contributed by atoms with Gasteiger partial charge in [0.25, 0.3) is 10.1 Å². The van der Waals surface area contributed by atoms with Crippen LogP contribution < -0.4 is 9.64 Å². The lowest BCUT2D eigenvalue weighted by Gasteiger charge is -2.36. The average Bonchev–Trinajstić information content (AvgIpc) is 2.73. The second kappa shape index (κ2) is 8.27. The van der Waals surface area contributed by atoms with Crippen LogP contribution >= 0.6 is 0 Å². The fourth-order valence-corrected chi connectivity index (χ4v) is 4.65. The molecule has 1 heterocycles. The van der Waals surface area contributed by atoms with Gasteiger partial charge in [0.05, 0.1) is 17.1 Å². The summed E-state index contributed by atoms with van der Waals surface area (Å²) in [6, 6.07) is 24.8. The van der Waals surface area contributed by atoms with Crippen molar-refractivity contribution in [3.05, 3.63) is 90.0 Å². The highest BCUT2D eigenvalue weighted by atomic mass is 32.2. The largest absolute Gasteiger partial charge is 0.484 e. The van der Waals surface area contributed by atoms with Crippen molar-refractivity contribution in [1.29, 1.82) is 0 Å². The highest BCUT2D eigenvalue weighted by molar-refractivity contribution is 7.86. The Labute approximate surface area is 171 Å². The van der Waals surface area contributed by atoms with Crippen LogP contribution in [0.3, 0.4) is 0 Å². The molecule has 150 valence electrons. The molecule has 5 nitrogen and oxygen atoms in total. The summed E-state index contributed by atoms with van der Waals surface area (Å²) in [5.41, 5.74) is 2.83. The zero-order valence-electron chi connectivity index (χ0n) is 16.2. The number of benzene rings is 3. The van der Waals surface area contributed by atoms with Crippen molar-refractivity contribution in [2.45, 2.75) is 24.5 Å². The van der Waals surface area contributed by atoms with Gasteiger partial charge in [-0.1, -0.05) is 60.7 Å². The summed E-state index contributed by atoms with van der Waals surface area (Å²) in [7, 11) is -3.84. The summed E-state index contributed by atoms with van der Waals surface area (Å²) in [5, 5.41) is 0. The fourth-order valence-electron chi connectivity index (χ4n) is 3.49. The zero-order valence-corrected chi connectivity index (χ0v) is 17.0. The van der Waals surface area contributed by atoms with Crippen molar-refractivity contribution < 1.29 is 17.3 Å². The smallest absolute Gasteiger partial charge is 0.297 e. The lowest BCUT2D eigenvalue weighted by atomic mass is 10.1. The Kier molecular flexibility index (Phi) is 5.56. The van der Waals surface area contributed by atoms with Crippen LogP contribution in [0.1, 0.15) is 11.1 Å². The van der Waals surface area contributed by atoms with E-state index in [4.69, 9.17) is 8.92 Å². The molecule has 0 aromatic heterocycles. The van der Waals surface area contributed by atoms with Gasteiger partial charge in [-0.3, -0.25) is 4.18 Å². The molecular weight excluding hydrogens is 386 g/mol. The van der Waals surface area contributed by atoms with E-state index in [1.165, 1.54) is 5.56 Å². The van der Waals surface area contributed by atoms with Gasteiger partial charge in [0.15, 0.2) is 0 Å². The molecule has 3 aromatic rings. The standard InChI is InChI=1S/C23H23NO4S/c1-18-9-5-8-14-23(18)29(25,26)27-17-20-16-24(15-19-10-3-2-4-11-19)21-12-6-7-13-22(21)28-20/h2-14,20H,15-17H2,1H3. The molecule has 4 rings (SSSR count). The van der Waals surface area contributed by atoms with Gasteiger partial charge < -0.3 is 9.64 Å². The minimum atomic E-state index is -3.84. The van der Waals surface area contributed by atoms with Gasteiger partial charge in [0.1, 0.15) is 18.5 Å². The SMILES string of the molecule is Cc1ccccc1S(=O)(=O)OCC1CN(Cc2ccccc2)c2ccccc2O1. The van der Waals surface area contributed by atoms with E-state index in [0.717, 1.165) is 11.4 Å². The molecule has 0 radical (unpaired) electrons. The first-order chi connectivity index (χ1) is 14.0. The maximum Gasteiger partial charge on any atom is 0.297 e. The first-order valence-corrected chi connectivity index (χ1v) is 10.9. The van der Waals surface area contributed by atoms with Crippen molar-refractivity contribution in [3.63, 3.8) is 0 Å². The third-order valence-electron chi connectivity index (χ3n) is 4.91. The molecule has 0 amide bonds. The van der Waals surface area contributed by atoms with E-state index in [9.17, 15) is 8.42 Å². The lowest BCUT2D eigenvalue weighted by Crippen LogP contribution is -2.42. The van der Waals surface area contributed by atoms with Gasteiger partial charge in [-0.05, 0) is 36.2 Å². The van der Waals surface area contributed by atoms with Gasteiger partial charge in [-0.25, -0.2) is 0 Å². The summed E-state index contributed by atoms with van der Waals surface area (Å²) < 4.78 is 36.6. The van der Waals surface area contributed by atoms with Gasteiger partial charge >= 0.3 is 0 Å². The molecule has 0 saturated heterocycles. The van der Waals surface area contributed by atoms with E-state index in [2.05, 4.69) is 17.0 Å². The molecule has 0 spiro atoms. The molecule has 29 heavy (non-hydrogen) atoms. The first-order valence-electron chi connectivity index (χ1n) is 9.52. The zero-order chi connectivity index (χ0) is 20.3. The predicted octanol–water partition coefficient (Wildman–Crippen LogP) is 4.17. The van der Waals surface area contributed by atoms with E-state index < -0.39 is 16.2 Å². The Morgan fingerprint density at radius 3 is 2.45 bits per heavy atom. The number of ether oxygens (including phenoxy) is 1. The van der Waals surface area contributed by atoms with E-state index in [-0.39, 0.29) is 11.5 Å². The number of fused-ring (bicyclic) bond motifs is 1. The van der Waals surface area contributed by atoms with Gasteiger partial charge in [0, 0.05) is 6.54 Å². The van der Waals surface area contributed by atoms with Gasteiger partial charge in [-0.2, -0.15) is 8.42 Å². The Morgan fingerprint density at radius 1 is 0.966 bits per heavy atom. The van der Waals surface area contributed by atoms with Crippen LogP contribution in [0.4, 0.5) is 5.69 Å². The lowest BCUT2D eigenvalue weighted by molar-refractivity contribution is 0.127. The second-order valence-corrected chi connectivity index (χ2v) is 8.66. The minimum Gasteiger partial charge on any atom is -0.484 e. The number of anilines is 1. The molecule has 1 aliphatic rings. The van der Waals surface area contributed by atoms with Crippen molar-refractivity contribution in [1.82, 2.24) is 0 Å². The first kappa shape index (κ1) is 19.5. The average molecular weight is 410 g/mol. The molecule has 0 bridgehead atoms. The van der Waals surface area contributed by atoms with Crippen molar-refractivity contribution in [2.75, 3.05) is 18.1 Å². The topological polar surface area (TPSA) is 55.8 Å². The summed E-state index contributed by atoms with van der Waals surface area (Å²) in [6.07, 6.45) is -0.396. The van der Waals surface area contributed by atoms with E-state index in [0.29, 0.717) is 18.7 Å². The number of aryl methyl sites for hydroxylation is 1. The number of nitrogens with zero attached hydrogens (tertiary/aromatic N) is 1. The molecule has 1 atom stereocenters. The highest BCUT2D eigenvalue weighted by Crippen LogP contribution is 2.34. The van der Waals surface area contributed by atoms with Crippen LogP contribution in [-0.2, 0) is 20.8 Å². The van der Waals surface area contributed by atoms with Crippen LogP contribution in [0.15, 0.2) is 83.8 Å². The summed E-state index contributed by atoms with van der Waals surface area (Å²) in [5.74, 6) is 0.733. The molecule has 0 fully saturated rings. The summed E-state index contributed by atoms with van der Waals surface area (Å²) in [6.45, 7) is 2.96. The Bertz CT molecular complexity index is 1080. The maximum atomic E-state index is 12.6. The van der Waals surface area contributed by atoms with Gasteiger partial charge in [-0.15, -0.1) is 0 Å². The predicted molar refractivity (Wildman–Crippen MR) is 113 cm³/mol. The molecule has 1 unspecified atom stereocenters. The number of hydrogen-bond donors (Lipinski definition) is 0. The van der Waals surface area contributed by atoms with Gasteiger partial charge in [0.2, 0.25) is 0 Å². The van der Waals surface area contributed by atoms with Crippen LogP contribution in [0.25, 0.3) is 0 Å². The van der Waals surface area contributed by atoms with E-state index in [1.807, 2.05) is 42.5 Å². The Morgan fingerprint density at radius 2 is 1.66 bits per heavy atom. The van der Waals surface area contributed by atoms with Crippen molar-refractivity contribution in [2.24, 2.45) is 0 Å². The third-order valence-corrected chi connectivity index (χ3v) is 6.35. The molecule has 0 aliphatic carbocycles. The van der Waals surface area contributed by atoms with Crippen LogP contribution in [0, 0.1) is 6.92 Å². The number of para-hydroxylation sites is 2. The molecule has 6 heteroatoms. The van der Waals surface area contributed by atoms with Crippen LogP contribution in [0.2, 0.25) is 0 Å². The highest BCUT2D eigenvalue weighted by Gasteiger charge is 2.28. The normalized spacial score (nSPS) is 16.2. The van der Waals surface area contributed by atoms with Crippen LogP contribution in [0.5, 0.6) is 5.75 Å². The summed E-state index contributed by atoms with van der Waals surface area (Å²) >= 11 is 0. The quantitative estimate of drug-likeness (QED) is 0.572. The maximum absolute atomic E-state index is 12.6. The van der Waals surface area contributed by atoms with Crippen molar-refractivity contribution >= 4 is 15.8 Å². The third kappa shape index (κ3) is 4.44. The molecular formula is C23H23NO4S. The fraction of sp³-hybridized carbons (Fsp3) is 0.217. The minimum absolute atomic E-state index is 0.0453. The van der Waals surface area contributed by atoms with Crippen molar-refractivity contribution in [3.8, 4) is 5.75 Å². The monoisotopic (exact) mass is 409 g/mol.